The number of carbonyl (C=O) groups excluding carboxylic acids is 1. The van der Waals surface area contributed by atoms with Crippen LogP contribution in [0.1, 0.15) is 25.3 Å². The number of rotatable bonds is 5. The van der Waals surface area contributed by atoms with Gasteiger partial charge in [0.15, 0.2) is 0 Å². The summed E-state index contributed by atoms with van der Waals surface area (Å²) in [5.74, 6) is 0.200. The van der Waals surface area contributed by atoms with E-state index in [1.54, 1.807) is 0 Å². The molecule has 0 aliphatic carbocycles. The van der Waals surface area contributed by atoms with Crippen LogP contribution in [0.25, 0.3) is 0 Å². The van der Waals surface area contributed by atoms with Gasteiger partial charge < -0.3 is 5.32 Å². The smallest absolute Gasteiger partial charge is 0.220 e. The van der Waals surface area contributed by atoms with Crippen LogP contribution in [0.4, 0.5) is 0 Å². The van der Waals surface area contributed by atoms with Crippen molar-refractivity contribution in [2.45, 2.75) is 32.4 Å². The Morgan fingerprint density at radius 3 is 2.71 bits per heavy atom. The van der Waals surface area contributed by atoms with E-state index in [2.05, 4.69) is 41.4 Å². The molecule has 1 aliphatic rings. The van der Waals surface area contributed by atoms with Gasteiger partial charge in [0.1, 0.15) is 0 Å². The van der Waals surface area contributed by atoms with Crippen LogP contribution in [-0.4, -0.2) is 29.9 Å². The first-order chi connectivity index (χ1) is 8.28. The molecule has 1 atom stereocenters. The Kier molecular flexibility index (Phi) is 4.15. The third kappa shape index (κ3) is 3.56. The minimum absolute atomic E-state index is 0.200. The normalized spacial score (nSPS) is 19.6. The number of carbonyl (C=O) groups is 1. The van der Waals surface area contributed by atoms with E-state index in [9.17, 15) is 4.79 Å². The number of hydrogen-bond acceptors (Lipinski definition) is 2. The van der Waals surface area contributed by atoms with Crippen LogP contribution in [-0.2, 0) is 11.3 Å². The molecule has 1 saturated heterocycles. The Morgan fingerprint density at radius 2 is 2.12 bits per heavy atom. The second kappa shape index (κ2) is 5.82. The van der Waals surface area contributed by atoms with Gasteiger partial charge in [-0.25, -0.2) is 0 Å². The summed E-state index contributed by atoms with van der Waals surface area (Å²) in [7, 11) is 0. The predicted octanol–water partition coefficient (Wildman–Crippen LogP) is 1.79. The van der Waals surface area contributed by atoms with Crippen molar-refractivity contribution in [1.82, 2.24) is 10.2 Å². The minimum atomic E-state index is 0.200. The lowest BCUT2D eigenvalue weighted by Crippen LogP contribution is -2.38. The highest BCUT2D eigenvalue weighted by Gasteiger charge is 2.22. The number of amides is 1. The molecular weight excluding hydrogens is 212 g/mol. The SMILES string of the molecule is CCN(Cc1ccccc1)C[C@H]1CCC(=O)N1. The molecule has 1 amide bonds. The quantitative estimate of drug-likeness (QED) is 0.839. The fourth-order valence-electron chi connectivity index (χ4n) is 2.27. The van der Waals surface area contributed by atoms with E-state index in [0.717, 1.165) is 26.1 Å². The van der Waals surface area contributed by atoms with Gasteiger partial charge >= 0.3 is 0 Å². The molecule has 1 fully saturated rings. The maximum atomic E-state index is 11.2. The third-order valence-corrected chi connectivity index (χ3v) is 3.26. The molecule has 0 radical (unpaired) electrons. The fourth-order valence-corrected chi connectivity index (χ4v) is 2.27. The average molecular weight is 232 g/mol. The molecular formula is C14H20N2O. The highest BCUT2D eigenvalue weighted by molar-refractivity contribution is 5.78. The summed E-state index contributed by atoms with van der Waals surface area (Å²) >= 11 is 0. The molecule has 3 heteroatoms. The van der Waals surface area contributed by atoms with Crippen LogP contribution in [0.2, 0.25) is 0 Å². The number of likely N-dealkylation sites (N-methyl/N-ethyl adjacent to an activating group) is 1. The molecule has 92 valence electrons. The first-order valence-electron chi connectivity index (χ1n) is 6.33. The number of nitrogens with zero attached hydrogens (tertiary/aromatic N) is 1. The third-order valence-electron chi connectivity index (χ3n) is 3.26. The van der Waals surface area contributed by atoms with Crippen molar-refractivity contribution < 1.29 is 4.79 Å². The van der Waals surface area contributed by atoms with Crippen molar-refractivity contribution in [2.75, 3.05) is 13.1 Å². The summed E-state index contributed by atoms with van der Waals surface area (Å²) in [6.45, 7) is 5.10. The standard InChI is InChI=1S/C14H20N2O/c1-2-16(10-12-6-4-3-5-7-12)11-13-8-9-14(17)15-13/h3-7,13H,2,8-11H2,1H3,(H,15,17)/t13-/m1/s1. The largest absolute Gasteiger partial charge is 0.352 e. The summed E-state index contributed by atoms with van der Waals surface area (Å²) in [4.78, 5) is 13.5. The van der Waals surface area contributed by atoms with Crippen LogP contribution in [0.3, 0.4) is 0 Å². The van der Waals surface area contributed by atoms with Crippen molar-refractivity contribution in [3.05, 3.63) is 35.9 Å². The van der Waals surface area contributed by atoms with Crippen molar-refractivity contribution in [2.24, 2.45) is 0 Å². The van der Waals surface area contributed by atoms with Gasteiger partial charge in [-0.3, -0.25) is 9.69 Å². The van der Waals surface area contributed by atoms with Crippen molar-refractivity contribution in [1.29, 1.82) is 0 Å². The van der Waals surface area contributed by atoms with Crippen molar-refractivity contribution in [3.63, 3.8) is 0 Å². The van der Waals surface area contributed by atoms with Crippen LogP contribution in [0, 0.1) is 0 Å². The van der Waals surface area contributed by atoms with E-state index >= 15 is 0 Å². The van der Waals surface area contributed by atoms with Gasteiger partial charge in [-0.05, 0) is 18.5 Å². The van der Waals surface area contributed by atoms with E-state index in [4.69, 9.17) is 0 Å². The van der Waals surface area contributed by atoms with Crippen molar-refractivity contribution in [3.8, 4) is 0 Å². The lowest BCUT2D eigenvalue weighted by atomic mass is 10.1. The fraction of sp³-hybridized carbons (Fsp3) is 0.500. The first kappa shape index (κ1) is 12.1. The Balaban J connectivity index is 1.87. The van der Waals surface area contributed by atoms with E-state index in [-0.39, 0.29) is 5.91 Å². The summed E-state index contributed by atoms with van der Waals surface area (Å²) in [6, 6.07) is 10.8. The molecule has 1 aromatic carbocycles. The molecule has 3 nitrogen and oxygen atoms in total. The zero-order valence-corrected chi connectivity index (χ0v) is 10.4. The summed E-state index contributed by atoms with van der Waals surface area (Å²) < 4.78 is 0. The maximum Gasteiger partial charge on any atom is 0.220 e. The van der Waals surface area contributed by atoms with Crippen LogP contribution in [0.5, 0.6) is 0 Å². The number of hydrogen-bond donors (Lipinski definition) is 1. The molecule has 1 N–H and O–H groups in total. The topological polar surface area (TPSA) is 32.3 Å². The van der Waals surface area contributed by atoms with Crippen molar-refractivity contribution >= 4 is 5.91 Å². The van der Waals surface area contributed by atoms with E-state index in [0.29, 0.717) is 12.5 Å². The number of nitrogens with one attached hydrogen (secondary N) is 1. The molecule has 1 heterocycles. The summed E-state index contributed by atoms with van der Waals surface area (Å²) in [6.07, 6.45) is 1.66. The zero-order valence-electron chi connectivity index (χ0n) is 10.4. The van der Waals surface area contributed by atoms with E-state index in [1.165, 1.54) is 5.56 Å². The van der Waals surface area contributed by atoms with Gasteiger partial charge in [0.2, 0.25) is 5.91 Å². The Bertz CT molecular complexity index is 364. The molecule has 17 heavy (non-hydrogen) atoms. The van der Waals surface area contributed by atoms with Gasteiger partial charge in [-0.2, -0.15) is 0 Å². The zero-order chi connectivity index (χ0) is 12.1. The monoisotopic (exact) mass is 232 g/mol. The Labute approximate surface area is 103 Å². The first-order valence-corrected chi connectivity index (χ1v) is 6.33. The Morgan fingerprint density at radius 1 is 1.35 bits per heavy atom. The summed E-state index contributed by atoms with van der Waals surface area (Å²) in [5.41, 5.74) is 1.33. The van der Waals surface area contributed by atoms with E-state index < -0.39 is 0 Å². The van der Waals surface area contributed by atoms with Gasteiger partial charge in [-0.1, -0.05) is 37.3 Å². The molecule has 0 unspecified atom stereocenters. The molecule has 0 spiro atoms. The molecule has 1 aliphatic heterocycles. The van der Waals surface area contributed by atoms with Gasteiger partial charge in [0.05, 0.1) is 0 Å². The molecule has 0 aromatic heterocycles. The highest BCUT2D eigenvalue weighted by atomic mass is 16.1. The maximum absolute atomic E-state index is 11.2. The second-order valence-corrected chi connectivity index (χ2v) is 4.62. The van der Waals surface area contributed by atoms with Crippen LogP contribution < -0.4 is 5.32 Å². The predicted molar refractivity (Wildman–Crippen MR) is 68.6 cm³/mol. The molecule has 2 rings (SSSR count). The lowest BCUT2D eigenvalue weighted by Gasteiger charge is -2.24. The van der Waals surface area contributed by atoms with Gasteiger partial charge in [0, 0.05) is 25.6 Å². The number of benzene rings is 1. The second-order valence-electron chi connectivity index (χ2n) is 4.62. The van der Waals surface area contributed by atoms with Crippen LogP contribution >= 0.6 is 0 Å². The molecule has 1 aromatic rings. The summed E-state index contributed by atoms with van der Waals surface area (Å²) in [5, 5.41) is 3.02. The van der Waals surface area contributed by atoms with Gasteiger partial charge in [-0.15, -0.1) is 0 Å². The highest BCUT2D eigenvalue weighted by Crippen LogP contribution is 2.10. The van der Waals surface area contributed by atoms with Crippen LogP contribution in [0.15, 0.2) is 30.3 Å². The lowest BCUT2D eigenvalue weighted by molar-refractivity contribution is -0.119. The Hall–Kier alpha value is -1.35. The molecule has 0 bridgehead atoms. The average Bonchev–Trinajstić information content (AvgIpc) is 2.75. The van der Waals surface area contributed by atoms with E-state index in [1.807, 2.05) is 6.07 Å². The minimum Gasteiger partial charge on any atom is -0.352 e. The van der Waals surface area contributed by atoms with Gasteiger partial charge in [0.25, 0.3) is 0 Å². The molecule has 0 saturated carbocycles.